The van der Waals surface area contributed by atoms with Crippen molar-refractivity contribution in [1.29, 1.82) is 0 Å². The van der Waals surface area contributed by atoms with Gasteiger partial charge in [0.25, 0.3) is 0 Å². The number of hydrogen-bond acceptors (Lipinski definition) is 4. The second kappa shape index (κ2) is 7.35. The van der Waals surface area contributed by atoms with Crippen LogP contribution in [-0.2, 0) is 0 Å². The minimum absolute atomic E-state index is 0.0437. The van der Waals surface area contributed by atoms with Crippen molar-refractivity contribution in [3.63, 3.8) is 0 Å². The van der Waals surface area contributed by atoms with Crippen LogP contribution < -0.4 is 10.1 Å². The highest BCUT2D eigenvalue weighted by Gasteiger charge is 2.38. The van der Waals surface area contributed by atoms with Gasteiger partial charge in [-0.3, -0.25) is 4.79 Å². The molecule has 0 aliphatic carbocycles. The number of aromatic hydroxyl groups is 1. The predicted molar refractivity (Wildman–Crippen MR) is 108 cm³/mol. The summed E-state index contributed by atoms with van der Waals surface area (Å²) in [4.78, 5) is 12.8. The topological polar surface area (TPSA) is 58.6 Å². The molecule has 0 amide bonds. The van der Waals surface area contributed by atoms with Crippen molar-refractivity contribution < 1.29 is 14.6 Å². The molecule has 0 radical (unpaired) electrons. The summed E-state index contributed by atoms with van der Waals surface area (Å²) in [5.41, 5.74) is 0.790. The van der Waals surface area contributed by atoms with Gasteiger partial charge in [0.15, 0.2) is 17.3 Å². The lowest BCUT2D eigenvalue weighted by atomic mass is 9.74. The molecule has 0 bridgehead atoms. The van der Waals surface area contributed by atoms with Gasteiger partial charge in [0.1, 0.15) is 5.75 Å². The van der Waals surface area contributed by atoms with E-state index in [4.69, 9.17) is 4.74 Å². The largest absolute Gasteiger partial charge is 0.504 e. The van der Waals surface area contributed by atoms with Crippen LogP contribution in [0.4, 0.5) is 0 Å². The first-order valence-corrected chi connectivity index (χ1v) is 9.52. The smallest absolute Gasteiger partial charge is 0.169 e. The SMILES string of the molecule is CC1(C)CC(CC(=O)c2ccc(Oc3ccccc3O)cc2)CC(C)(C)N1. The third kappa shape index (κ3) is 5.10. The molecular weight excluding hydrogens is 338 g/mol. The average molecular weight is 367 g/mol. The summed E-state index contributed by atoms with van der Waals surface area (Å²) in [5.74, 6) is 1.63. The van der Waals surface area contributed by atoms with Gasteiger partial charge in [0.2, 0.25) is 0 Å². The first-order valence-electron chi connectivity index (χ1n) is 9.52. The van der Waals surface area contributed by atoms with E-state index in [2.05, 4.69) is 33.0 Å². The number of ketones is 1. The normalized spacial score (nSPS) is 18.8. The molecule has 1 aliphatic heterocycles. The minimum Gasteiger partial charge on any atom is -0.504 e. The molecule has 2 aromatic rings. The molecule has 2 N–H and O–H groups in total. The van der Waals surface area contributed by atoms with Crippen molar-refractivity contribution in [1.82, 2.24) is 5.32 Å². The molecule has 1 heterocycles. The van der Waals surface area contributed by atoms with Crippen LogP contribution in [0.2, 0.25) is 0 Å². The van der Waals surface area contributed by atoms with Gasteiger partial charge in [-0.25, -0.2) is 0 Å². The molecule has 144 valence electrons. The summed E-state index contributed by atoms with van der Waals surface area (Å²) in [7, 11) is 0. The molecule has 0 aromatic heterocycles. The zero-order valence-corrected chi connectivity index (χ0v) is 16.6. The van der Waals surface area contributed by atoms with Crippen LogP contribution in [-0.4, -0.2) is 22.0 Å². The van der Waals surface area contributed by atoms with Gasteiger partial charge in [0.05, 0.1) is 0 Å². The Morgan fingerprint density at radius 3 is 2.22 bits per heavy atom. The Hall–Kier alpha value is -2.33. The molecule has 1 fully saturated rings. The molecular formula is C23H29NO3. The molecule has 0 atom stereocenters. The molecule has 0 spiro atoms. The molecule has 1 saturated heterocycles. The van der Waals surface area contributed by atoms with Gasteiger partial charge < -0.3 is 15.2 Å². The molecule has 3 rings (SSSR count). The number of ether oxygens (including phenoxy) is 1. The first kappa shape index (κ1) is 19.4. The Kier molecular flexibility index (Phi) is 5.29. The number of carbonyl (C=O) groups excluding carboxylic acids is 1. The summed E-state index contributed by atoms with van der Waals surface area (Å²) in [6.45, 7) is 8.82. The van der Waals surface area contributed by atoms with Crippen molar-refractivity contribution in [3.05, 3.63) is 54.1 Å². The number of phenolic OH excluding ortho intramolecular Hbond substituents is 1. The van der Waals surface area contributed by atoms with E-state index in [1.54, 1.807) is 48.5 Å². The fourth-order valence-corrected chi connectivity index (χ4v) is 4.44. The minimum atomic E-state index is 0.0437. The van der Waals surface area contributed by atoms with Crippen LogP contribution in [0.5, 0.6) is 17.2 Å². The Balaban J connectivity index is 1.65. The second-order valence-corrected chi connectivity index (χ2v) is 8.89. The van der Waals surface area contributed by atoms with Crippen molar-refractivity contribution in [2.45, 2.75) is 58.0 Å². The molecule has 1 aliphatic rings. The molecule has 0 unspecified atom stereocenters. The van der Waals surface area contributed by atoms with E-state index in [1.165, 1.54) is 0 Å². The molecule has 2 aromatic carbocycles. The van der Waals surface area contributed by atoms with E-state index in [0.717, 1.165) is 12.8 Å². The van der Waals surface area contributed by atoms with E-state index in [9.17, 15) is 9.90 Å². The van der Waals surface area contributed by atoms with E-state index in [-0.39, 0.29) is 22.6 Å². The van der Waals surface area contributed by atoms with Crippen molar-refractivity contribution in [2.75, 3.05) is 0 Å². The highest BCUT2D eigenvalue weighted by Crippen LogP contribution is 2.35. The summed E-state index contributed by atoms with van der Waals surface area (Å²) in [6.07, 6.45) is 2.56. The van der Waals surface area contributed by atoms with Crippen molar-refractivity contribution >= 4 is 5.78 Å². The van der Waals surface area contributed by atoms with Gasteiger partial charge >= 0.3 is 0 Å². The van der Waals surface area contributed by atoms with E-state index >= 15 is 0 Å². The Bertz CT molecular complexity index is 793. The van der Waals surface area contributed by atoms with Crippen LogP contribution in [0.3, 0.4) is 0 Å². The van der Waals surface area contributed by atoms with Crippen LogP contribution in [0, 0.1) is 5.92 Å². The summed E-state index contributed by atoms with van der Waals surface area (Å²) < 4.78 is 5.68. The Labute approximate surface area is 161 Å². The second-order valence-electron chi connectivity index (χ2n) is 8.89. The highest BCUT2D eigenvalue weighted by atomic mass is 16.5. The highest BCUT2D eigenvalue weighted by molar-refractivity contribution is 5.96. The maximum atomic E-state index is 12.8. The maximum Gasteiger partial charge on any atom is 0.169 e. The third-order valence-corrected chi connectivity index (χ3v) is 5.02. The monoisotopic (exact) mass is 367 g/mol. The van der Waals surface area contributed by atoms with Crippen molar-refractivity contribution in [2.24, 2.45) is 5.92 Å². The lowest BCUT2D eigenvalue weighted by Crippen LogP contribution is -2.57. The molecule has 4 heteroatoms. The van der Waals surface area contributed by atoms with Crippen LogP contribution in [0.1, 0.15) is 57.3 Å². The van der Waals surface area contributed by atoms with E-state index in [1.807, 2.05) is 0 Å². The van der Waals surface area contributed by atoms with Gasteiger partial charge in [-0.15, -0.1) is 0 Å². The zero-order valence-electron chi connectivity index (χ0n) is 16.6. The lowest BCUT2D eigenvalue weighted by molar-refractivity contribution is 0.0864. The molecule has 4 nitrogen and oxygen atoms in total. The first-order chi connectivity index (χ1) is 12.6. The number of nitrogens with one attached hydrogen (secondary N) is 1. The van der Waals surface area contributed by atoms with Crippen LogP contribution >= 0.6 is 0 Å². The summed E-state index contributed by atoms with van der Waals surface area (Å²) in [5, 5.41) is 13.5. The van der Waals surface area contributed by atoms with E-state index < -0.39 is 0 Å². The summed E-state index contributed by atoms with van der Waals surface area (Å²) >= 11 is 0. The quantitative estimate of drug-likeness (QED) is 0.703. The number of Topliss-reactive ketones (excluding diaryl/α,β-unsaturated/α-hetero) is 1. The van der Waals surface area contributed by atoms with Gasteiger partial charge in [-0.1, -0.05) is 12.1 Å². The fraction of sp³-hybridized carbons (Fsp3) is 0.435. The number of phenols is 1. The third-order valence-electron chi connectivity index (χ3n) is 5.02. The lowest BCUT2D eigenvalue weighted by Gasteiger charge is -2.46. The zero-order chi connectivity index (χ0) is 19.7. The Morgan fingerprint density at radius 2 is 1.63 bits per heavy atom. The van der Waals surface area contributed by atoms with Gasteiger partial charge in [-0.05, 0) is 82.9 Å². The Morgan fingerprint density at radius 1 is 1.04 bits per heavy atom. The number of benzene rings is 2. The number of carbonyl (C=O) groups is 1. The number of rotatable bonds is 5. The predicted octanol–water partition coefficient (Wildman–Crippen LogP) is 5.31. The van der Waals surface area contributed by atoms with Crippen LogP contribution in [0.25, 0.3) is 0 Å². The standard InChI is InChI=1S/C23H29NO3/c1-22(2)14-16(15-23(3,4)24-22)13-20(26)17-9-11-18(12-10-17)27-21-8-6-5-7-19(21)25/h5-12,16,24-25H,13-15H2,1-4H3. The van der Waals surface area contributed by atoms with Gasteiger partial charge in [0, 0.05) is 23.1 Å². The maximum absolute atomic E-state index is 12.8. The average Bonchev–Trinajstić information content (AvgIpc) is 2.54. The number of hydrogen-bond donors (Lipinski definition) is 2. The fourth-order valence-electron chi connectivity index (χ4n) is 4.44. The number of para-hydroxylation sites is 2. The van der Waals surface area contributed by atoms with E-state index in [0.29, 0.717) is 29.4 Å². The number of piperidine rings is 1. The van der Waals surface area contributed by atoms with Crippen molar-refractivity contribution in [3.8, 4) is 17.2 Å². The summed E-state index contributed by atoms with van der Waals surface area (Å²) in [6, 6.07) is 14.0. The molecule has 0 saturated carbocycles. The van der Waals surface area contributed by atoms with Crippen LogP contribution in [0.15, 0.2) is 48.5 Å². The molecule has 27 heavy (non-hydrogen) atoms. The van der Waals surface area contributed by atoms with Gasteiger partial charge in [-0.2, -0.15) is 0 Å².